The molecule has 2 aliphatic carbocycles. The average Bonchev–Trinajstić information content (AvgIpc) is 3.24. The molecule has 7 nitrogen and oxygen atoms in total. The number of halogens is 2. The monoisotopic (exact) mass is 566 g/mol. The maximum Gasteiger partial charge on any atom is 0.231 e. The van der Waals surface area contributed by atoms with Crippen LogP contribution < -0.4 is 4.90 Å². The summed E-state index contributed by atoms with van der Waals surface area (Å²) in [4.78, 5) is 32.0. The van der Waals surface area contributed by atoms with Crippen molar-refractivity contribution in [3.8, 4) is 0 Å². The summed E-state index contributed by atoms with van der Waals surface area (Å²) in [5.74, 6) is 0.868. The summed E-state index contributed by atoms with van der Waals surface area (Å²) in [6, 6.07) is 7.77. The van der Waals surface area contributed by atoms with Crippen molar-refractivity contribution < 1.29 is 9.18 Å². The second-order valence-corrected chi connectivity index (χ2v) is 12.3. The lowest BCUT2D eigenvalue weighted by Crippen LogP contribution is -2.53. The molecule has 214 valence electrons. The Labute approximate surface area is 242 Å². The SMILES string of the molecule is CC(=C1CCC1)N1CCN(C[C@@H](C(=O)N2CCN(c3ncnc4c3C(C)CC4F)CC2)c2ccc(Cl)cc2)CC1. The van der Waals surface area contributed by atoms with Gasteiger partial charge in [0.05, 0.1) is 11.6 Å². The van der Waals surface area contributed by atoms with Gasteiger partial charge in [-0.05, 0) is 56.2 Å². The smallest absolute Gasteiger partial charge is 0.231 e. The fourth-order valence-electron chi connectivity index (χ4n) is 6.76. The summed E-state index contributed by atoms with van der Waals surface area (Å²) in [5.41, 5.74) is 5.59. The Balaban J connectivity index is 1.13. The number of carbonyl (C=O) groups is 1. The first kappa shape index (κ1) is 27.5. The van der Waals surface area contributed by atoms with Gasteiger partial charge in [-0.2, -0.15) is 0 Å². The van der Waals surface area contributed by atoms with E-state index in [2.05, 4.69) is 31.6 Å². The maximum absolute atomic E-state index is 14.5. The zero-order valence-corrected chi connectivity index (χ0v) is 24.4. The van der Waals surface area contributed by atoms with Crippen LogP contribution in [0, 0.1) is 0 Å². The largest absolute Gasteiger partial charge is 0.373 e. The summed E-state index contributed by atoms with van der Waals surface area (Å²) < 4.78 is 14.5. The first-order valence-electron chi connectivity index (χ1n) is 14.8. The Morgan fingerprint density at radius 2 is 1.68 bits per heavy atom. The molecular weight excluding hydrogens is 527 g/mol. The van der Waals surface area contributed by atoms with Gasteiger partial charge in [-0.15, -0.1) is 0 Å². The van der Waals surface area contributed by atoms with Crippen LogP contribution in [-0.2, 0) is 4.79 Å². The molecule has 3 atom stereocenters. The molecule has 2 aliphatic heterocycles. The van der Waals surface area contributed by atoms with E-state index in [1.807, 2.05) is 36.1 Å². The zero-order valence-electron chi connectivity index (χ0n) is 23.7. The van der Waals surface area contributed by atoms with Crippen LogP contribution in [0.3, 0.4) is 0 Å². The van der Waals surface area contributed by atoms with Crippen LogP contribution in [0.2, 0.25) is 5.02 Å². The van der Waals surface area contributed by atoms with Gasteiger partial charge in [0.2, 0.25) is 5.91 Å². The van der Waals surface area contributed by atoms with Crippen LogP contribution in [0.5, 0.6) is 0 Å². The first-order valence-corrected chi connectivity index (χ1v) is 15.2. The molecule has 4 aliphatic rings. The van der Waals surface area contributed by atoms with E-state index in [0.717, 1.165) is 43.1 Å². The first-order chi connectivity index (χ1) is 19.4. The van der Waals surface area contributed by atoms with Crippen molar-refractivity contribution >= 4 is 23.3 Å². The Bertz CT molecular complexity index is 1250. The van der Waals surface area contributed by atoms with E-state index in [1.165, 1.54) is 31.3 Å². The molecule has 2 aromatic rings. The number of amides is 1. The van der Waals surface area contributed by atoms with Gasteiger partial charge in [0, 0.05) is 75.2 Å². The van der Waals surface area contributed by atoms with Crippen molar-refractivity contribution in [2.24, 2.45) is 0 Å². The summed E-state index contributed by atoms with van der Waals surface area (Å²) >= 11 is 6.20. The van der Waals surface area contributed by atoms with Crippen LogP contribution in [0.15, 0.2) is 41.9 Å². The van der Waals surface area contributed by atoms with E-state index in [-0.39, 0.29) is 17.7 Å². The van der Waals surface area contributed by atoms with Gasteiger partial charge in [0.1, 0.15) is 18.3 Å². The molecule has 3 fully saturated rings. The summed E-state index contributed by atoms with van der Waals surface area (Å²) in [6.45, 7) is 11.6. The molecule has 0 radical (unpaired) electrons. The number of hydrogen-bond acceptors (Lipinski definition) is 6. The number of anilines is 1. The molecule has 0 bridgehead atoms. The van der Waals surface area contributed by atoms with Crippen molar-refractivity contribution in [3.63, 3.8) is 0 Å². The van der Waals surface area contributed by atoms with Crippen molar-refractivity contribution in [3.05, 3.63) is 63.7 Å². The maximum atomic E-state index is 14.5. The van der Waals surface area contributed by atoms with Gasteiger partial charge in [-0.3, -0.25) is 9.69 Å². The fourth-order valence-corrected chi connectivity index (χ4v) is 6.88. The summed E-state index contributed by atoms with van der Waals surface area (Å²) in [7, 11) is 0. The molecule has 0 spiro atoms. The third-order valence-corrected chi connectivity index (χ3v) is 9.71. The molecule has 1 amide bonds. The van der Waals surface area contributed by atoms with Gasteiger partial charge in [-0.25, -0.2) is 14.4 Å². The standard InChI is InChI=1S/C31H40ClFN6O/c1-21-18-27(33)29-28(21)30(35-20-34-29)38-14-16-39(17-15-38)31(40)26(24-6-8-25(32)9-7-24)19-36-10-12-37(13-11-36)22(2)23-4-3-5-23/h6-9,20-21,26-27H,3-5,10-19H2,1-2H3/t21?,26-,27?/m1/s1. The fraction of sp³-hybridized carbons (Fsp3) is 0.581. The third kappa shape index (κ3) is 5.45. The molecule has 0 N–H and O–H groups in total. The molecule has 2 saturated heterocycles. The van der Waals surface area contributed by atoms with E-state index in [0.29, 0.717) is 49.9 Å². The number of aromatic nitrogens is 2. The second-order valence-electron chi connectivity index (χ2n) is 11.8. The lowest BCUT2D eigenvalue weighted by atomic mass is 9.90. The van der Waals surface area contributed by atoms with Crippen LogP contribution >= 0.6 is 11.6 Å². The number of rotatable bonds is 6. The normalized spacial score (nSPS) is 24.1. The highest BCUT2D eigenvalue weighted by Crippen LogP contribution is 2.44. The molecule has 2 unspecified atom stereocenters. The topological polar surface area (TPSA) is 55.8 Å². The minimum Gasteiger partial charge on any atom is -0.373 e. The van der Waals surface area contributed by atoms with Crippen molar-refractivity contribution in [1.82, 2.24) is 24.7 Å². The van der Waals surface area contributed by atoms with Gasteiger partial charge >= 0.3 is 0 Å². The number of piperazine rings is 2. The molecule has 6 rings (SSSR count). The lowest BCUT2D eigenvalue weighted by molar-refractivity contribution is -0.133. The number of hydrogen-bond donors (Lipinski definition) is 0. The van der Waals surface area contributed by atoms with Gasteiger partial charge in [-0.1, -0.05) is 36.2 Å². The molecule has 1 saturated carbocycles. The zero-order chi connectivity index (χ0) is 27.8. The average molecular weight is 567 g/mol. The van der Waals surface area contributed by atoms with Crippen LogP contribution in [0.4, 0.5) is 10.2 Å². The molecule has 9 heteroatoms. The molecule has 1 aromatic heterocycles. The predicted molar refractivity (Wildman–Crippen MR) is 156 cm³/mol. The number of allylic oxidation sites excluding steroid dienone is 2. The van der Waals surface area contributed by atoms with E-state index < -0.39 is 6.17 Å². The predicted octanol–water partition coefficient (Wildman–Crippen LogP) is 5.16. The van der Waals surface area contributed by atoms with Crippen molar-refractivity contribution in [2.75, 3.05) is 63.8 Å². The Kier molecular flexibility index (Phi) is 8.00. The molecule has 1 aromatic carbocycles. The quantitative estimate of drug-likeness (QED) is 0.482. The highest BCUT2D eigenvalue weighted by Gasteiger charge is 2.36. The van der Waals surface area contributed by atoms with Crippen LogP contribution in [0.25, 0.3) is 0 Å². The van der Waals surface area contributed by atoms with Crippen molar-refractivity contribution in [1.29, 1.82) is 0 Å². The Morgan fingerprint density at radius 3 is 2.33 bits per heavy atom. The second kappa shape index (κ2) is 11.6. The van der Waals surface area contributed by atoms with E-state index in [4.69, 9.17) is 11.6 Å². The van der Waals surface area contributed by atoms with E-state index in [1.54, 1.807) is 5.57 Å². The van der Waals surface area contributed by atoms with E-state index >= 15 is 0 Å². The number of fused-ring (bicyclic) bond motifs is 1. The number of nitrogens with zero attached hydrogens (tertiary/aromatic N) is 6. The molecule has 40 heavy (non-hydrogen) atoms. The lowest BCUT2D eigenvalue weighted by Gasteiger charge is -2.41. The minimum atomic E-state index is -1.02. The Morgan fingerprint density at radius 1 is 1.00 bits per heavy atom. The molecule has 3 heterocycles. The van der Waals surface area contributed by atoms with Gasteiger partial charge in [0.25, 0.3) is 0 Å². The van der Waals surface area contributed by atoms with Crippen LogP contribution in [0.1, 0.15) is 74.4 Å². The molecular formula is C31H40ClFN6O. The number of carbonyl (C=O) groups excluding carboxylic acids is 1. The van der Waals surface area contributed by atoms with Gasteiger partial charge < -0.3 is 14.7 Å². The van der Waals surface area contributed by atoms with E-state index in [9.17, 15) is 9.18 Å². The highest BCUT2D eigenvalue weighted by atomic mass is 35.5. The number of benzene rings is 1. The summed E-state index contributed by atoms with van der Waals surface area (Å²) in [5, 5.41) is 0.679. The van der Waals surface area contributed by atoms with Crippen molar-refractivity contribution in [2.45, 2.75) is 57.5 Å². The summed E-state index contributed by atoms with van der Waals surface area (Å²) in [6.07, 6.45) is 4.76. The highest BCUT2D eigenvalue weighted by molar-refractivity contribution is 6.30. The van der Waals surface area contributed by atoms with Gasteiger partial charge in [0.15, 0.2) is 0 Å². The Hall–Kier alpha value is -2.71. The minimum absolute atomic E-state index is 0.101. The number of alkyl halides is 1. The van der Waals surface area contributed by atoms with Crippen LogP contribution in [-0.4, -0.2) is 89.5 Å². The third-order valence-electron chi connectivity index (χ3n) is 9.46.